The fourth-order valence-corrected chi connectivity index (χ4v) is 2.32. The van der Waals surface area contributed by atoms with E-state index in [1.807, 2.05) is 30.3 Å². The first kappa shape index (κ1) is 17.7. The highest BCUT2D eigenvalue weighted by Gasteiger charge is 2.12. The minimum Gasteiger partial charge on any atom is -0.462 e. The maximum atomic E-state index is 12.2. The fourth-order valence-electron chi connectivity index (χ4n) is 2.32. The molecule has 5 nitrogen and oxygen atoms in total. The molecule has 2 rings (SSSR count). The van der Waals surface area contributed by atoms with Gasteiger partial charge in [0.1, 0.15) is 0 Å². The lowest BCUT2D eigenvalue weighted by atomic mass is 10.1. The highest BCUT2D eigenvalue weighted by molar-refractivity contribution is 5.96. The maximum absolute atomic E-state index is 12.2. The SMILES string of the molecule is CCCCCCOC(=O)c1cc(Nc2ccc(N)cc2)ccc1N. The van der Waals surface area contributed by atoms with E-state index in [2.05, 4.69) is 12.2 Å². The van der Waals surface area contributed by atoms with Crippen LogP contribution in [0.2, 0.25) is 0 Å². The van der Waals surface area contributed by atoms with E-state index in [-0.39, 0.29) is 5.97 Å². The van der Waals surface area contributed by atoms with Gasteiger partial charge in [-0.25, -0.2) is 4.79 Å². The highest BCUT2D eigenvalue weighted by Crippen LogP contribution is 2.23. The number of hydrogen-bond acceptors (Lipinski definition) is 5. The molecule has 128 valence electrons. The van der Waals surface area contributed by atoms with Crippen LogP contribution in [0.25, 0.3) is 0 Å². The highest BCUT2D eigenvalue weighted by atomic mass is 16.5. The third kappa shape index (κ3) is 5.19. The Kier molecular flexibility index (Phi) is 6.49. The van der Waals surface area contributed by atoms with E-state index in [4.69, 9.17) is 16.2 Å². The van der Waals surface area contributed by atoms with E-state index in [0.29, 0.717) is 23.5 Å². The number of nitrogens with one attached hydrogen (secondary N) is 1. The molecular formula is C19H25N3O2. The molecule has 0 saturated carbocycles. The Hall–Kier alpha value is -2.69. The Balaban J connectivity index is 1.99. The Morgan fingerprint density at radius 2 is 1.71 bits per heavy atom. The van der Waals surface area contributed by atoms with Gasteiger partial charge in [0.2, 0.25) is 0 Å². The number of nitrogens with two attached hydrogens (primary N) is 2. The smallest absolute Gasteiger partial charge is 0.340 e. The number of benzene rings is 2. The van der Waals surface area contributed by atoms with Crippen LogP contribution in [0.4, 0.5) is 22.7 Å². The van der Waals surface area contributed by atoms with Crippen LogP contribution in [-0.4, -0.2) is 12.6 Å². The first-order valence-corrected chi connectivity index (χ1v) is 8.29. The quantitative estimate of drug-likeness (QED) is 0.381. The number of hydrogen-bond donors (Lipinski definition) is 3. The normalized spacial score (nSPS) is 10.4. The van der Waals surface area contributed by atoms with Gasteiger partial charge in [-0.2, -0.15) is 0 Å². The molecule has 2 aromatic rings. The third-order valence-corrected chi connectivity index (χ3v) is 3.70. The number of ether oxygens (including phenoxy) is 1. The second kappa shape index (κ2) is 8.82. The van der Waals surface area contributed by atoms with Crippen molar-refractivity contribution < 1.29 is 9.53 Å². The van der Waals surface area contributed by atoms with Crippen molar-refractivity contribution in [2.24, 2.45) is 0 Å². The van der Waals surface area contributed by atoms with Crippen molar-refractivity contribution >= 4 is 28.7 Å². The number of carbonyl (C=O) groups is 1. The zero-order chi connectivity index (χ0) is 17.4. The zero-order valence-electron chi connectivity index (χ0n) is 14.0. The molecule has 2 aromatic carbocycles. The van der Waals surface area contributed by atoms with Crippen molar-refractivity contribution in [1.82, 2.24) is 0 Å². The van der Waals surface area contributed by atoms with Crippen molar-refractivity contribution in [3.63, 3.8) is 0 Å². The van der Waals surface area contributed by atoms with Gasteiger partial charge in [0.05, 0.1) is 12.2 Å². The molecule has 0 unspecified atom stereocenters. The molecule has 0 heterocycles. The van der Waals surface area contributed by atoms with Gasteiger partial charge in [-0.1, -0.05) is 26.2 Å². The summed E-state index contributed by atoms with van der Waals surface area (Å²) in [5, 5.41) is 3.22. The van der Waals surface area contributed by atoms with Gasteiger partial charge in [0, 0.05) is 22.7 Å². The molecular weight excluding hydrogens is 302 g/mol. The molecule has 0 radical (unpaired) electrons. The van der Waals surface area contributed by atoms with Gasteiger partial charge in [0.25, 0.3) is 0 Å². The molecule has 0 amide bonds. The third-order valence-electron chi connectivity index (χ3n) is 3.70. The van der Waals surface area contributed by atoms with E-state index in [1.54, 1.807) is 12.1 Å². The van der Waals surface area contributed by atoms with Crippen molar-refractivity contribution in [2.45, 2.75) is 32.6 Å². The largest absolute Gasteiger partial charge is 0.462 e. The summed E-state index contributed by atoms with van der Waals surface area (Å²) in [6.07, 6.45) is 4.25. The second-order valence-corrected chi connectivity index (χ2v) is 5.75. The molecule has 0 atom stereocenters. The fraction of sp³-hybridized carbons (Fsp3) is 0.316. The molecule has 5 N–H and O–H groups in total. The van der Waals surface area contributed by atoms with Crippen molar-refractivity contribution in [2.75, 3.05) is 23.4 Å². The van der Waals surface area contributed by atoms with Gasteiger partial charge < -0.3 is 21.5 Å². The average molecular weight is 327 g/mol. The van der Waals surface area contributed by atoms with E-state index < -0.39 is 0 Å². The topological polar surface area (TPSA) is 90.4 Å². The molecule has 0 aliphatic heterocycles. The Labute approximate surface area is 143 Å². The maximum Gasteiger partial charge on any atom is 0.340 e. The van der Waals surface area contributed by atoms with E-state index in [9.17, 15) is 4.79 Å². The summed E-state index contributed by atoms with van der Waals surface area (Å²) >= 11 is 0. The Bertz CT molecular complexity index is 669. The van der Waals surface area contributed by atoms with Crippen molar-refractivity contribution in [1.29, 1.82) is 0 Å². The van der Waals surface area contributed by atoms with Crippen LogP contribution in [0.1, 0.15) is 43.0 Å². The molecule has 0 aliphatic rings. The Morgan fingerprint density at radius 1 is 1.00 bits per heavy atom. The Morgan fingerprint density at radius 3 is 2.42 bits per heavy atom. The molecule has 0 fully saturated rings. The number of anilines is 4. The van der Waals surface area contributed by atoms with Crippen LogP contribution in [0, 0.1) is 0 Å². The van der Waals surface area contributed by atoms with Gasteiger partial charge in [-0.3, -0.25) is 0 Å². The van der Waals surface area contributed by atoms with Crippen LogP contribution < -0.4 is 16.8 Å². The monoisotopic (exact) mass is 327 g/mol. The molecule has 0 aliphatic carbocycles. The standard InChI is InChI=1S/C19H25N3O2/c1-2-3-4-5-12-24-19(23)17-13-16(10-11-18(17)21)22-15-8-6-14(20)7-9-15/h6-11,13,22H,2-5,12,20-21H2,1H3. The van der Waals surface area contributed by atoms with Gasteiger partial charge in [-0.05, 0) is 48.9 Å². The number of esters is 1. The molecule has 0 aromatic heterocycles. The number of rotatable bonds is 8. The first-order chi connectivity index (χ1) is 11.6. The van der Waals surface area contributed by atoms with Crippen molar-refractivity contribution in [3.8, 4) is 0 Å². The predicted octanol–water partition coefficient (Wildman–Crippen LogP) is 4.33. The molecule has 0 saturated heterocycles. The summed E-state index contributed by atoms with van der Waals surface area (Å²) in [4.78, 5) is 12.2. The van der Waals surface area contributed by atoms with E-state index in [1.165, 1.54) is 0 Å². The summed E-state index contributed by atoms with van der Waals surface area (Å²) in [5.41, 5.74) is 14.7. The second-order valence-electron chi connectivity index (χ2n) is 5.75. The van der Waals surface area contributed by atoms with Gasteiger partial charge in [0.15, 0.2) is 0 Å². The molecule has 24 heavy (non-hydrogen) atoms. The van der Waals surface area contributed by atoms with E-state index >= 15 is 0 Å². The summed E-state index contributed by atoms with van der Waals surface area (Å²) in [5.74, 6) is -0.384. The summed E-state index contributed by atoms with van der Waals surface area (Å²) in [6, 6.07) is 12.6. The number of unbranched alkanes of at least 4 members (excludes halogenated alkanes) is 3. The summed E-state index contributed by atoms with van der Waals surface area (Å²) in [7, 11) is 0. The molecule has 0 bridgehead atoms. The minimum atomic E-state index is -0.384. The van der Waals surface area contributed by atoms with Crippen LogP contribution in [0.5, 0.6) is 0 Å². The predicted molar refractivity (Wildman–Crippen MR) is 99.4 cm³/mol. The first-order valence-electron chi connectivity index (χ1n) is 8.29. The lowest BCUT2D eigenvalue weighted by Crippen LogP contribution is -2.09. The van der Waals surface area contributed by atoms with Gasteiger partial charge in [-0.15, -0.1) is 0 Å². The lowest BCUT2D eigenvalue weighted by molar-refractivity contribution is 0.0499. The average Bonchev–Trinajstić information content (AvgIpc) is 2.58. The van der Waals surface area contributed by atoms with Crippen LogP contribution >= 0.6 is 0 Å². The van der Waals surface area contributed by atoms with Crippen LogP contribution in [-0.2, 0) is 4.74 Å². The lowest BCUT2D eigenvalue weighted by Gasteiger charge is -2.11. The minimum absolute atomic E-state index is 0.380. The van der Waals surface area contributed by atoms with Gasteiger partial charge >= 0.3 is 5.97 Å². The van der Waals surface area contributed by atoms with E-state index in [0.717, 1.165) is 37.1 Å². The summed E-state index contributed by atoms with van der Waals surface area (Å²) < 4.78 is 5.31. The van der Waals surface area contributed by atoms with Crippen molar-refractivity contribution in [3.05, 3.63) is 48.0 Å². The number of carbonyl (C=O) groups excluding carboxylic acids is 1. The number of nitrogen functional groups attached to an aromatic ring is 2. The zero-order valence-corrected chi connectivity index (χ0v) is 14.0. The molecule has 0 spiro atoms. The van der Waals surface area contributed by atoms with Crippen LogP contribution in [0.15, 0.2) is 42.5 Å². The molecule has 5 heteroatoms. The van der Waals surface area contributed by atoms with Crippen LogP contribution in [0.3, 0.4) is 0 Å². The summed E-state index contributed by atoms with van der Waals surface area (Å²) in [6.45, 7) is 2.57.